The van der Waals surface area contributed by atoms with Crippen LogP contribution in [0.15, 0.2) is 18.2 Å². The second kappa shape index (κ2) is 4.51. The van der Waals surface area contributed by atoms with E-state index < -0.39 is 6.10 Å². The molecule has 1 unspecified atom stereocenters. The molecular formula is C11H14O4. The average molecular weight is 210 g/mol. The van der Waals surface area contributed by atoms with Crippen LogP contribution in [-0.4, -0.2) is 32.0 Å². The van der Waals surface area contributed by atoms with Crippen LogP contribution in [0.25, 0.3) is 0 Å². The Labute approximate surface area is 88.4 Å². The summed E-state index contributed by atoms with van der Waals surface area (Å²) in [5.41, 5.74) is 0.717. The molecule has 0 bridgehead atoms. The third-order valence-electron chi connectivity index (χ3n) is 2.28. The molecular weight excluding hydrogens is 196 g/mol. The lowest BCUT2D eigenvalue weighted by Crippen LogP contribution is -2.18. The summed E-state index contributed by atoms with van der Waals surface area (Å²) in [6.45, 7) is 1.32. The van der Waals surface area contributed by atoms with Crippen molar-refractivity contribution in [1.29, 1.82) is 0 Å². The van der Waals surface area contributed by atoms with Gasteiger partial charge in [-0.1, -0.05) is 12.1 Å². The minimum atomic E-state index is -0.674. The first-order chi connectivity index (χ1) is 7.33. The average Bonchev–Trinajstić information content (AvgIpc) is 2.28. The van der Waals surface area contributed by atoms with Gasteiger partial charge in [0.2, 0.25) is 0 Å². The first kappa shape index (κ1) is 10.3. The van der Waals surface area contributed by atoms with E-state index in [0.717, 1.165) is 0 Å². The Bertz CT molecular complexity index is 337. The Kier molecular flexibility index (Phi) is 3.08. The molecule has 4 nitrogen and oxygen atoms in total. The third-order valence-corrected chi connectivity index (χ3v) is 2.28. The Balaban J connectivity index is 2.30. The Morgan fingerprint density at radius 2 is 2.20 bits per heavy atom. The number of hydrogen-bond donors (Lipinski definition) is 1. The molecule has 1 aromatic rings. The number of methoxy groups -OCH3 is 1. The summed E-state index contributed by atoms with van der Waals surface area (Å²) < 4.78 is 15.8. The van der Waals surface area contributed by atoms with E-state index in [1.807, 2.05) is 18.2 Å². The van der Waals surface area contributed by atoms with Gasteiger partial charge in [-0.3, -0.25) is 0 Å². The molecule has 1 aromatic carbocycles. The number of hydrogen-bond acceptors (Lipinski definition) is 4. The number of ether oxygens (including phenoxy) is 3. The number of fused-ring (bicyclic) bond motifs is 1. The van der Waals surface area contributed by atoms with Gasteiger partial charge in [-0.2, -0.15) is 0 Å². The van der Waals surface area contributed by atoms with Crippen LogP contribution in [0.4, 0.5) is 0 Å². The molecule has 1 aliphatic heterocycles. The van der Waals surface area contributed by atoms with E-state index in [1.54, 1.807) is 7.11 Å². The number of para-hydroxylation sites is 1. The standard InChI is InChI=1S/C11H14O4/c1-13-7-9(12)8-3-2-4-10-11(8)15-6-5-14-10/h2-4,9,12H,5-7H2,1H3. The molecule has 0 fully saturated rings. The van der Waals surface area contributed by atoms with Gasteiger partial charge in [-0.05, 0) is 6.07 Å². The second-order valence-electron chi connectivity index (χ2n) is 3.34. The molecule has 0 saturated heterocycles. The van der Waals surface area contributed by atoms with E-state index in [9.17, 15) is 5.11 Å². The second-order valence-corrected chi connectivity index (χ2v) is 3.34. The Morgan fingerprint density at radius 3 is 3.00 bits per heavy atom. The number of benzene rings is 1. The highest BCUT2D eigenvalue weighted by atomic mass is 16.6. The summed E-state index contributed by atoms with van der Waals surface area (Å²) in [5.74, 6) is 1.32. The van der Waals surface area contributed by atoms with Gasteiger partial charge in [0.05, 0.1) is 6.61 Å². The number of aliphatic hydroxyl groups excluding tert-OH is 1. The van der Waals surface area contributed by atoms with Crippen LogP contribution in [0.3, 0.4) is 0 Å². The number of rotatable bonds is 3. The van der Waals surface area contributed by atoms with Crippen LogP contribution < -0.4 is 9.47 Å². The lowest BCUT2D eigenvalue weighted by molar-refractivity contribution is 0.0601. The van der Waals surface area contributed by atoms with Crippen molar-refractivity contribution in [2.75, 3.05) is 26.9 Å². The smallest absolute Gasteiger partial charge is 0.167 e. The van der Waals surface area contributed by atoms with E-state index in [-0.39, 0.29) is 6.61 Å². The van der Waals surface area contributed by atoms with Crippen LogP contribution >= 0.6 is 0 Å². The van der Waals surface area contributed by atoms with Gasteiger partial charge < -0.3 is 19.3 Å². The fourth-order valence-electron chi connectivity index (χ4n) is 1.61. The van der Waals surface area contributed by atoms with Crippen molar-refractivity contribution in [3.05, 3.63) is 23.8 Å². The summed E-state index contributed by atoms with van der Waals surface area (Å²) in [7, 11) is 1.55. The molecule has 1 heterocycles. The zero-order valence-corrected chi connectivity index (χ0v) is 8.60. The molecule has 0 aliphatic carbocycles. The van der Waals surface area contributed by atoms with Gasteiger partial charge in [0.1, 0.15) is 19.3 Å². The third kappa shape index (κ3) is 2.06. The van der Waals surface area contributed by atoms with Crippen molar-refractivity contribution in [2.24, 2.45) is 0 Å². The molecule has 4 heteroatoms. The maximum atomic E-state index is 9.82. The van der Waals surface area contributed by atoms with E-state index >= 15 is 0 Å². The van der Waals surface area contributed by atoms with Crippen LogP contribution in [-0.2, 0) is 4.74 Å². The van der Waals surface area contributed by atoms with Crippen LogP contribution in [0.1, 0.15) is 11.7 Å². The molecule has 82 valence electrons. The summed E-state index contributed by atoms with van der Waals surface area (Å²) in [4.78, 5) is 0. The van der Waals surface area contributed by atoms with Crippen LogP contribution in [0, 0.1) is 0 Å². The molecule has 0 spiro atoms. The number of aliphatic hydroxyl groups is 1. The van der Waals surface area contributed by atoms with Gasteiger partial charge in [0.25, 0.3) is 0 Å². The topological polar surface area (TPSA) is 47.9 Å². The monoisotopic (exact) mass is 210 g/mol. The fourth-order valence-corrected chi connectivity index (χ4v) is 1.61. The maximum absolute atomic E-state index is 9.82. The molecule has 0 amide bonds. The summed E-state index contributed by atoms with van der Waals surface area (Å²) in [6.07, 6.45) is -0.674. The lowest BCUT2D eigenvalue weighted by atomic mass is 10.1. The largest absolute Gasteiger partial charge is 0.486 e. The van der Waals surface area contributed by atoms with E-state index in [2.05, 4.69) is 0 Å². The summed E-state index contributed by atoms with van der Waals surface area (Å²) >= 11 is 0. The van der Waals surface area contributed by atoms with Crippen LogP contribution in [0.5, 0.6) is 11.5 Å². The van der Waals surface area contributed by atoms with Crippen molar-refractivity contribution >= 4 is 0 Å². The SMILES string of the molecule is COCC(O)c1cccc2c1OCCO2. The molecule has 1 N–H and O–H groups in total. The van der Waals surface area contributed by atoms with Gasteiger partial charge in [0.15, 0.2) is 11.5 Å². The predicted octanol–water partition coefficient (Wildman–Crippen LogP) is 1.14. The highest BCUT2D eigenvalue weighted by Crippen LogP contribution is 2.36. The highest BCUT2D eigenvalue weighted by molar-refractivity contribution is 5.48. The predicted molar refractivity (Wildman–Crippen MR) is 54.3 cm³/mol. The Morgan fingerprint density at radius 1 is 1.40 bits per heavy atom. The molecule has 15 heavy (non-hydrogen) atoms. The quantitative estimate of drug-likeness (QED) is 0.812. The van der Waals surface area contributed by atoms with E-state index in [1.165, 1.54) is 0 Å². The molecule has 0 radical (unpaired) electrons. The highest BCUT2D eigenvalue weighted by Gasteiger charge is 2.20. The Hall–Kier alpha value is -1.26. The summed E-state index contributed by atoms with van der Waals surface area (Å²) in [5, 5.41) is 9.82. The first-order valence-electron chi connectivity index (χ1n) is 4.88. The van der Waals surface area contributed by atoms with Crippen molar-refractivity contribution in [3.8, 4) is 11.5 Å². The molecule has 0 aromatic heterocycles. The van der Waals surface area contributed by atoms with Crippen molar-refractivity contribution < 1.29 is 19.3 Å². The van der Waals surface area contributed by atoms with Crippen LogP contribution in [0.2, 0.25) is 0 Å². The zero-order chi connectivity index (χ0) is 10.7. The van der Waals surface area contributed by atoms with E-state index in [4.69, 9.17) is 14.2 Å². The van der Waals surface area contributed by atoms with Gasteiger partial charge >= 0.3 is 0 Å². The normalized spacial score (nSPS) is 16.1. The molecule has 1 aliphatic rings. The van der Waals surface area contributed by atoms with Crippen molar-refractivity contribution in [3.63, 3.8) is 0 Å². The fraction of sp³-hybridized carbons (Fsp3) is 0.455. The molecule has 2 rings (SSSR count). The van der Waals surface area contributed by atoms with Gasteiger partial charge in [-0.25, -0.2) is 0 Å². The van der Waals surface area contributed by atoms with Gasteiger partial charge in [-0.15, -0.1) is 0 Å². The minimum Gasteiger partial charge on any atom is -0.486 e. The maximum Gasteiger partial charge on any atom is 0.167 e. The van der Waals surface area contributed by atoms with Crippen molar-refractivity contribution in [1.82, 2.24) is 0 Å². The first-order valence-corrected chi connectivity index (χ1v) is 4.88. The van der Waals surface area contributed by atoms with Gasteiger partial charge in [0, 0.05) is 12.7 Å². The van der Waals surface area contributed by atoms with Crippen molar-refractivity contribution in [2.45, 2.75) is 6.10 Å². The zero-order valence-electron chi connectivity index (χ0n) is 8.60. The van der Waals surface area contributed by atoms with E-state index in [0.29, 0.717) is 30.3 Å². The lowest BCUT2D eigenvalue weighted by Gasteiger charge is -2.22. The summed E-state index contributed by atoms with van der Waals surface area (Å²) in [6, 6.07) is 5.48. The molecule has 1 atom stereocenters. The molecule has 0 saturated carbocycles. The minimum absolute atomic E-state index is 0.250.